The van der Waals surface area contributed by atoms with Crippen molar-refractivity contribution in [1.29, 1.82) is 0 Å². The topological polar surface area (TPSA) is 51.0 Å². The van der Waals surface area contributed by atoms with E-state index < -0.39 is 8.03 Å². The summed E-state index contributed by atoms with van der Waals surface area (Å²) in [6.45, 7) is 24.9. The predicted octanol–water partition coefficient (Wildman–Crippen LogP) is 6.10. The summed E-state index contributed by atoms with van der Waals surface area (Å²) in [6, 6.07) is 9.36. The van der Waals surface area contributed by atoms with E-state index in [0.29, 0.717) is 13.2 Å². The van der Waals surface area contributed by atoms with Gasteiger partial charge in [-0.1, -0.05) is 33.8 Å². The Morgan fingerprint density at radius 3 is 2.31 bits per heavy atom. The standard InChI is InChI=1S/C31H42N2O4P.2C3H7.Ni/c1-6-15-37-38(34)30-24-18-22-9-7-11-32(13-16-35-4)28(22)20-26(24)31(2,3)27-21-29-23(19-25(27)30)10-8-12-33(29)14-17-36-5;2*1-3-2;/h6,18-21,38H,1,7-17H2,2-5H3;2*1,3H2,2H3;/q+1;2*-1;+2. The molecule has 0 N–H and O–H groups in total. The van der Waals surface area contributed by atoms with Gasteiger partial charge in [-0.3, -0.25) is 4.57 Å². The molecule has 2 aliphatic heterocycles. The van der Waals surface area contributed by atoms with Crippen LogP contribution in [0.15, 0.2) is 36.9 Å². The third-order valence-electron chi connectivity index (χ3n) is 8.42. The zero-order valence-corrected chi connectivity index (χ0v) is 30.5. The predicted molar refractivity (Wildman–Crippen MR) is 187 cm³/mol. The van der Waals surface area contributed by atoms with Crippen molar-refractivity contribution in [3.8, 4) is 0 Å². The first-order chi connectivity index (χ1) is 21.2. The van der Waals surface area contributed by atoms with Gasteiger partial charge in [0.1, 0.15) is 13.2 Å². The maximum Gasteiger partial charge on any atom is 2.00 e. The van der Waals surface area contributed by atoms with Gasteiger partial charge >= 0.3 is 16.5 Å². The SMILES string of the molecule is C=CCO[PH](=O)C1=c2cc3c(cc2C(C)(C)c2cc4c(cc21)CCCN4CCOC)=[N+](CCOC)CCC3.[CH2-]CC.[CH2-]CC.[Ni+2]. The van der Waals surface area contributed by atoms with E-state index in [1.165, 1.54) is 33.3 Å². The fourth-order valence-corrected chi connectivity index (χ4v) is 7.72. The molecule has 252 valence electrons. The number of nitrogens with zero attached hydrogens (tertiary/aromatic N) is 2. The Hall–Kier alpha value is -1.75. The largest absolute Gasteiger partial charge is 2.00 e. The summed E-state index contributed by atoms with van der Waals surface area (Å²) >= 11 is 0. The quantitative estimate of drug-likeness (QED) is 0.0998. The molecule has 0 bridgehead atoms. The fraction of sp³-hybridized carbons (Fsp3) is 0.541. The van der Waals surface area contributed by atoms with Crippen LogP contribution in [0.4, 0.5) is 5.69 Å². The second kappa shape index (κ2) is 19.2. The van der Waals surface area contributed by atoms with E-state index in [1.54, 1.807) is 20.3 Å². The molecular formula is C37H56N2NiO4P+. The average Bonchev–Trinajstić information content (AvgIpc) is 3.01. The van der Waals surface area contributed by atoms with E-state index >= 15 is 0 Å². The fourth-order valence-electron chi connectivity index (χ4n) is 6.45. The number of benzene rings is 2. The van der Waals surface area contributed by atoms with Gasteiger partial charge in [-0.05, 0) is 64.9 Å². The van der Waals surface area contributed by atoms with Crippen LogP contribution in [0.2, 0.25) is 0 Å². The van der Waals surface area contributed by atoms with Crippen LogP contribution in [0.5, 0.6) is 0 Å². The maximum atomic E-state index is 13.9. The summed E-state index contributed by atoms with van der Waals surface area (Å²) in [5.74, 6) is 0. The van der Waals surface area contributed by atoms with Crippen molar-refractivity contribution in [3.05, 3.63) is 89.2 Å². The van der Waals surface area contributed by atoms with Crippen molar-refractivity contribution < 1.29 is 35.1 Å². The molecule has 0 fully saturated rings. The van der Waals surface area contributed by atoms with Gasteiger partial charge in [-0.2, -0.15) is 12.8 Å². The van der Waals surface area contributed by atoms with Crippen molar-refractivity contribution >= 4 is 19.0 Å². The van der Waals surface area contributed by atoms with Gasteiger partial charge in [0.15, 0.2) is 6.54 Å². The van der Waals surface area contributed by atoms with Crippen LogP contribution in [-0.4, -0.2) is 60.2 Å². The number of methoxy groups -OCH3 is 2. The molecule has 1 atom stereocenters. The summed E-state index contributed by atoms with van der Waals surface area (Å²) < 4.78 is 33.0. The molecular weight excluding hydrogens is 626 g/mol. The Bertz CT molecular complexity index is 1420. The first-order valence-corrected chi connectivity index (χ1v) is 17.6. The smallest absolute Gasteiger partial charge is 0.383 e. The monoisotopic (exact) mass is 681 g/mol. The van der Waals surface area contributed by atoms with Gasteiger partial charge in [0.25, 0.3) is 0 Å². The van der Waals surface area contributed by atoms with Crippen LogP contribution in [0.1, 0.15) is 81.2 Å². The van der Waals surface area contributed by atoms with E-state index in [9.17, 15) is 4.57 Å². The molecule has 0 radical (unpaired) electrons. The van der Waals surface area contributed by atoms with Crippen LogP contribution >= 0.6 is 8.03 Å². The summed E-state index contributed by atoms with van der Waals surface area (Å²) in [5.41, 5.74) is 7.22. The summed E-state index contributed by atoms with van der Waals surface area (Å²) in [6.07, 6.45) is 7.95. The molecule has 2 aromatic rings. The number of fused-ring (bicyclic) bond motifs is 4. The number of rotatable bonds is 10. The number of ether oxygens (including phenoxy) is 2. The molecule has 0 saturated carbocycles. The van der Waals surface area contributed by atoms with Crippen molar-refractivity contribution in [2.24, 2.45) is 0 Å². The van der Waals surface area contributed by atoms with E-state index in [-0.39, 0.29) is 28.5 Å². The molecule has 1 aliphatic carbocycles. The van der Waals surface area contributed by atoms with Gasteiger partial charge in [0.05, 0.1) is 13.2 Å². The molecule has 6 nitrogen and oxygen atoms in total. The van der Waals surface area contributed by atoms with Gasteiger partial charge in [0.2, 0.25) is 13.4 Å². The zero-order chi connectivity index (χ0) is 32.3. The molecule has 8 heteroatoms. The first kappa shape index (κ1) is 39.4. The number of aryl methyl sites for hydroxylation is 2. The second-order valence-corrected chi connectivity index (χ2v) is 13.5. The Morgan fingerprint density at radius 1 is 1.00 bits per heavy atom. The normalized spacial score (nSPS) is 16.3. The van der Waals surface area contributed by atoms with Crippen molar-refractivity contribution in [1.82, 2.24) is 4.58 Å². The van der Waals surface area contributed by atoms with Crippen LogP contribution in [0.25, 0.3) is 5.31 Å². The summed E-state index contributed by atoms with van der Waals surface area (Å²) in [4.78, 5) is 2.45. The average molecular weight is 683 g/mol. The maximum absolute atomic E-state index is 13.9. The summed E-state index contributed by atoms with van der Waals surface area (Å²) in [5, 5.41) is 3.25. The van der Waals surface area contributed by atoms with Gasteiger partial charge in [0, 0.05) is 61.8 Å². The Morgan fingerprint density at radius 2 is 1.67 bits per heavy atom. The molecule has 0 aromatic heterocycles. The Labute approximate surface area is 283 Å². The van der Waals surface area contributed by atoms with Crippen molar-refractivity contribution in [3.63, 3.8) is 0 Å². The first-order valence-electron chi connectivity index (χ1n) is 16.3. The molecule has 1 unspecified atom stereocenters. The van der Waals surface area contributed by atoms with Gasteiger partial charge in [-0.15, -0.1) is 6.58 Å². The van der Waals surface area contributed by atoms with E-state index in [0.717, 1.165) is 80.8 Å². The van der Waals surface area contributed by atoms with Crippen LogP contribution in [-0.2, 0) is 53.3 Å². The molecule has 0 saturated heterocycles. The van der Waals surface area contributed by atoms with Crippen LogP contribution in [0, 0.1) is 13.8 Å². The van der Waals surface area contributed by atoms with Crippen molar-refractivity contribution in [2.75, 3.05) is 65.1 Å². The minimum absolute atomic E-state index is 0. The molecule has 45 heavy (non-hydrogen) atoms. The number of hydrogen-bond acceptors (Lipinski definition) is 5. The van der Waals surface area contributed by atoms with E-state index in [4.69, 9.17) is 14.0 Å². The molecule has 0 amide bonds. The molecule has 0 spiro atoms. The molecule has 5 rings (SSSR count). The Kier molecular flexibility index (Phi) is 16.8. The minimum Gasteiger partial charge on any atom is -0.383 e. The second-order valence-electron chi connectivity index (χ2n) is 12.1. The van der Waals surface area contributed by atoms with E-state index in [2.05, 4.69) is 68.0 Å². The van der Waals surface area contributed by atoms with Gasteiger partial charge in [-0.25, -0.2) is 4.58 Å². The van der Waals surface area contributed by atoms with Crippen LogP contribution < -0.4 is 20.1 Å². The molecule has 3 aliphatic rings. The number of hydrogen-bond donors (Lipinski definition) is 0. The minimum atomic E-state index is -2.50. The molecule has 2 aromatic carbocycles. The Balaban J connectivity index is 0.000000935. The number of anilines is 1. The summed E-state index contributed by atoms with van der Waals surface area (Å²) in [7, 11) is 1.02. The third-order valence-corrected chi connectivity index (χ3v) is 9.80. The third kappa shape index (κ3) is 9.20. The molecule has 2 heterocycles. The van der Waals surface area contributed by atoms with E-state index in [1.807, 2.05) is 13.8 Å². The van der Waals surface area contributed by atoms with Crippen molar-refractivity contribution in [2.45, 2.75) is 71.6 Å². The van der Waals surface area contributed by atoms with Crippen LogP contribution in [0.3, 0.4) is 0 Å². The van der Waals surface area contributed by atoms with Gasteiger partial charge < -0.3 is 32.7 Å². The zero-order valence-electron chi connectivity index (χ0n) is 28.5.